The Hall–Kier alpha value is -1.24. The molecule has 2 rings (SSSR count). The fourth-order valence-corrected chi connectivity index (χ4v) is 3.90. The summed E-state index contributed by atoms with van der Waals surface area (Å²) in [5.41, 5.74) is 7.88. The van der Waals surface area contributed by atoms with E-state index in [0.717, 1.165) is 5.56 Å². The van der Waals surface area contributed by atoms with E-state index in [1.165, 1.54) is 12.1 Å². The van der Waals surface area contributed by atoms with Crippen LogP contribution in [0.4, 0.5) is 11.4 Å². The van der Waals surface area contributed by atoms with Crippen molar-refractivity contribution in [2.75, 3.05) is 10.5 Å². The molecule has 0 heterocycles. The number of rotatable bonds is 3. The van der Waals surface area contributed by atoms with E-state index in [1.54, 1.807) is 19.1 Å². The van der Waals surface area contributed by atoms with Crippen molar-refractivity contribution in [2.45, 2.75) is 18.7 Å². The van der Waals surface area contributed by atoms with Gasteiger partial charge in [0.1, 0.15) is 0 Å². The van der Waals surface area contributed by atoms with Gasteiger partial charge in [0.15, 0.2) is 0 Å². The fraction of sp³-hybridized carbons (Fsp3) is 0.143. The third kappa shape index (κ3) is 3.51. The minimum absolute atomic E-state index is 0.109. The number of benzene rings is 2. The maximum atomic E-state index is 12.5. The Labute approximate surface area is 137 Å². The van der Waals surface area contributed by atoms with Crippen molar-refractivity contribution in [3.63, 3.8) is 0 Å². The lowest BCUT2D eigenvalue weighted by Gasteiger charge is -2.13. The van der Waals surface area contributed by atoms with Crippen LogP contribution in [0, 0.1) is 13.8 Å². The number of anilines is 2. The number of hydrogen-bond acceptors (Lipinski definition) is 3. The molecule has 0 fully saturated rings. The van der Waals surface area contributed by atoms with Crippen molar-refractivity contribution in [2.24, 2.45) is 0 Å². The number of nitrogens with one attached hydrogen (secondary N) is 1. The summed E-state index contributed by atoms with van der Waals surface area (Å²) in [6, 6.07) is 8.32. The first-order valence-corrected chi connectivity index (χ1v) is 8.71. The van der Waals surface area contributed by atoms with Gasteiger partial charge < -0.3 is 5.73 Å². The smallest absolute Gasteiger partial charge is 0.262 e. The first-order chi connectivity index (χ1) is 9.70. The first-order valence-electron chi connectivity index (χ1n) is 6.05. The summed E-state index contributed by atoms with van der Waals surface area (Å²) in [6.07, 6.45) is 0. The summed E-state index contributed by atoms with van der Waals surface area (Å²) < 4.78 is 28.3. The molecular weight excluding hydrogens is 376 g/mol. The van der Waals surface area contributed by atoms with Crippen LogP contribution < -0.4 is 10.5 Å². The van der Waals surface area contributed by atoms with Gasteiger partial charge in [-0.25, -0.2) is 8.42 Å². The monoisotopic (exact) mass is 388 g/mol. The molecular formula is C14H14BrClN2O2S. The Morgan fingerprint density at radius 3 is 2.52 bits per heavy atom. The van der Waals surface area contributed by atoms with E-state index >= 15 is 0 Å². The van der Waals surface area contributed by atoms with E-state index in [0.29, 0.717) is 20.7 Å². The maximum absolute atomic E-state index is 12.5. The Balaban J connectivity index is 2.48. The van der Waals surface area contributed by atoms with E-state index in [-0.39, 0.29) is 10.6 Å². The third-order valence-corrected chi connectivity index (χ3v) is 5.48. The molecule has 0 radical (unpaired) electrons. The largest absolute Gasteiger partial charge is 0.397 e. The molecule has 0 bridgehead atoms. The number of hydrogen-bond donors (Lipinski definition) is 2. The van der Waals surface area contributed by atoms with Crippen molar-refractivity contribution < 1.29 is 8.42 Å². The molecule has 7 heteroatoms. The molecule has 3 N–H and O–H groups in total. The number of nitrogen functional groups attached to an aromatic ring is 1. The molecule has 0 atom stereocenters. The molecule has 0 spiro atoms. The molecule has 0 aliphatic rings. The summed E-state index contributed by atoms with van der Waals surface area (Å²) in [6.45, 7) is 3.56. The quantitative estimate of drug-likeness (QED) is 0.776. The van der Waals surface area contributed by atoms with Crippen molar-refractivity contribution in [3.8, 4) is 0 Å². The minimum Gasteiger partial charge on any atom is -0.397 e. The first kappa shape index (κ1) is 16.1. The van der Waals surface area contributed by atoms with Crippen LogP contribution in [0.1, 0.15) is 11.1 Å². The van der Waals surface area contributed by atoms with Crippen LogP contribution in [-0.4, -0.2) is 8.42 Å². The van der Waals surface area contributed by atoms with Crippen LogP contribution in [0.3, 0.4) is 0 Å². The molecule has 0 saturated carbocycles. The van der Waals surface area contributed by atoms with E-state index in [9.17, 15) is 8.42 Å². The molecule has 112 valence electrons. The van der Waals surface area contributed by atoms with Gasteiger partial charge in [-0.05, 0) is 65.2 Å². The number of nitrogens with two attached hydrogens (primary N) is 1. The normalized spacial score (nSPS) is 11.4. The van der Waals surface area contributed by atoms with Gasteiger partial charge >= 0.3 is 0 Å². The highest BCUT2D eigenvalue weighted by atomic mass is 79.9. The minimum atomic E-state index is -3.74. The SMILES string of the molecule is Cc1ccc(Br)c(NS(=O)(=O)c2cc(N)c(Cl)cc2C)c1. The van der Waals surface area contributed by atoms with Crippen LogP contribution in [-0.2, 0) is 10.0 Å². The Bertz CT molecular complexity index is 807. The average Bonchev–Trinajstić information content (AvgIpc) is 2.37. The highest BCUT2D eigenvalue weighted by molar-refractivity contribution is 9.10. The molecule has 2 aromatic rings. The van der Waals surface area contributed by atoms with Gasteiger partial charge in [0.05, 0.1) is 21.3 Å². The summed E-state index contributed by atoms with van der Waals surface area (Å²) in [7, 11) is -3.74. The van der Waals surface area contributed by atoms with Crippen LogP contribution in [0.2, 0.25) is 5.02 Å². The summed E-state index contributed by atoms with van der Waals surface area (Å²) in [5, 5.41) is 0.336. The lowest BCUT2D eigenvalue weighted by Crippen LogP contribution is -2.15. The van der Waals surface area contributed by atoms with Crippen molar-refractivity contribution in [1.29, 1.82) is 0 Å². The maximum Gasteiger partial charge on any atom is 0.262 e. The fourth-order valence-electron chi connectivity index (χ4n) is 1.88. The molecule has 0 amide bonds. The van der Waals surface area contributed by atoms with Gasteiger partial charge in [-0.15, -0.1) is 0 Å². The summed E-state index contributed by atoms with van der Waals surface area (Å²) >= 11 is 9.22. The summed E-state index contributed by atoms with van der Waals surface area (Å²) in [5.74, 6) is 0. The lowest BCUT2D eigenvalue weighted by atomic mass is 10.2. The number of sulfonamides is 1. The second-order valence-electron chi connectivity index (χ2n) is 4.73. The topological polar surface area (TPSA) is 72.2 Å². The Kier molecular flexibility index (Phi) is 4.51. The zero-order valence-electron chi connectivity index (χ0n) is 11.4. The molecule has 21 heavy (non-hydrogen) atoms. The van der Waals surface area contributed by atoms with Gasteiger partial charge in [0, 0.05) is 4.47 Å². The van der Waals surface area contributed by atoms with Crippen LogP contribution in [0.25, 0.3) is 0 Å². The van der Waals surface area contributed by atoms with Crippen molar-refractivity contribution in [1.82, 2.24) is 0 Å². The van der Waals surface area contributed by atoms with Crippen LogP contribution in [0.5, 0.6) is 0 Å². The molecule has 0 aromatic heterocycles. The summed E-state index contributed by atoms with van der Waals surface area (Å²) in [4.78, 5) is 0.109. The average molecular weight is 390 g/mol. The molecule has 4 nitrogen and oxygen atoms in total. The molecule has 0 saturated heterocycles. The molecule has 2 aromatic carbocycles. The zero-order chi connectivity index (χ0) is 15.8. The highest BCUT2D eigenvalue weighted by Crippen LogP contribution is 2.30. The highest BCUT2D eigenvalue weighted by Gasteiger charge is 2.19. The van der Waals surface area contributed by atoms with Gasteiger partial charge in [-0.2, -0.15) is 0 Å². The molecule has 0 unspecified atom stereocenters. The van der Waals surface area contributed by atoms with E-state index in [1.807, 2.05) is 13.0 Å². The Morgan fingerprint density at radius 2 is 1.86 bits per heavy atom. The predicted molar refractivity (Wildman–Crippen MR) is 90.3 cm³/mol. The van der Waals surface area contributed by atoms with Crippen LogP contribution in [0.15, 0.2) is 39.7 Å². The van der Waals surface area contributed by atoms with Gasteiger partial charge in [-0.1, -0.05) is 17.7 Å². The second kappa shape index (κ2) is 5.87. The Morgan fingerprint density at radius 1 is 1.19 bits per heavy atom. The molecule has 0 aliphatic carbocycles. The van der Waals surface area contributed by atoms with E-state index < -0.39 is 10.0 Å². The standard InChI is InChI=1S/C14H14BrClN2O2S/c1-8-3-4-10(15)13(5-8)18-21(19,20)14-7-12(17)11(16)6-9(14)2/h3-7,18H,17H2,1-2H3. The number of halogens is 2. The van der Waals surface area contributed by atoms with Gasteiger partial charge in [0.2, 0.25) is 0 Å². The predicted octanol–water partition coefficient (Wildman–Crippen LogP) is 4.10. The third-order valence-electron chi connectivity index (χ3n) is 2.95. The zero-order valence-corrected chi connectivity index (χ0v) is 14.6. The van der Waals surface area contributed by atoms with Gasteiger partial charge in [0.25, 0.3) is 10.0 Å². The van der Waals surface area contributed by atoms with E-state index in [4.69, 9.17) is 17.3 Å². The molecule has 0 aliphatic heterocycles. The van der Waals surface area contributed by atoms with Crippen LogP contribution >= 0.6 is 27.5 Å². The van der Waals surface area contributed by atoms with E-state index in [2.05, 4.69) is 20.7 Å². The second-order valence-corrected chi connectivity index (χ2v) is 7.64. The van der Waals surface area contributed by atoms with Crippen molar-refractivity contribution in [3.05, 3.63) is 51.0 Å². The van der Waals surface area contributed by atoms with Gasteiger partial charge in [-0.3, -0.25) is 4.72 Å². The van der Waals surface area contributed by atoms with Crippen molar-refractivity contribution >= 4 is 48.9 Å². The lowest BCUT2D eigenvalue weighted by molar-refractivity contribution is 0.600. The number of aryl methyl sites for hydroxylation is 2.